The van der Waals surface area contributed by atoms with Gasteiger partial charge in [0, 0.05) is 6.26 Å². The summed E-state index contributed by atoms with van der Waals surface area (Å²) in [5.41, 5.74) is 0.289. The molecule has 0 heterocycles. The third-order valence-electron chi connectivity index (χ3n) is 2.49. The number of aliphatic hydroxyl groups is 1. The Kier molecular flexibility index (Phi) is 4.04. The van der Waals surface area contributed by atoms with Gasteiger partial charge in [0.1, 0.15) is 5.82 Å². The fraction of sp³-hybridized carbons (Fsp3) is 0.455. The van der Waals surface area contributed by atoms with Crippen molar-refractivity contribution in [2.75, 3.05) is 6.26 Å². The molecule has 16 heavy (non-hydrogen) atoms. The van der Waals surface area contributed by atoms with Gasteiger partial charge in [-0.2, -0.15) is 0 Å². The van der Waals surface area contributed by atoms with Crippen molar-refractivity contribution in [3.63, 3.8) is 0 Å². The van der Waals surface area contributed by atoms with E-state index in [1.54, 1.807) is 6.92 Å². The summed E-state index contributed by atoms with van der Waals surface area (Å²) in [6.45, 7) is 1.67. The lowest BCUT2D eigenvalue weighted by Gasteiger charge is -2.20. The first-order chi connectivity index (χ1) is 7.36. The predicted molar refractivity (Wildman–Crippen MR) is 60.3 cm³/mol. The summed E-state index contributed by atoms with van der Waals surface area (Å²) in [6.07, 6.45) is 0.177. The molecular formula is C11H15FO3S. The summed E-state index contributed by atoms with van der Waals surface area (Å²) in [7, 11) is -3.35. The number of sulfone groups is 1. The summed E-state index contributed by atoms with van der Waals surface area (Å²) in [5.74, 6) is -0.486. The maximum absolute atomic E-state index is 12.9. The van der Waals surface area contributed by atoms with Gasteiger partial charge in [0.25, 0.3) is 0 Å². The SMILES string of the molecule is CC[C@H]([C@H](O)c1cccc(F)c1)S(C)(=O)=O. The van der Waals surface area contributed by atoms with E-state index in [0.29, 0.717) is 0 Å². The Balaban J connectivity index is 3.05. The van der Waals surface area contributed by atoms with Crippen LogP contribution in [0.4, 0.5) is 4.39 Å². The van der Waals surface area contributed by atoms with Crippen LogP contribution in [-0.4, -0.2) is 25.0 Å². The summed E-state index contributed by atoms with van der Waals surface area (Å²) < 4.78 is 35.7. The van der Waals surface area contributed by atoms with E-state index in [0.717, 1.165) is 12.3 Å². The number of halogens is 1. The second-order valence-electron chi connectivity index (χ2n) is 3.78. The minimum atomic E-state index is -3.35. The van der Waals surface area contributed by atoms with Crippen molar-refractivity contribution in [2.24, 2.45) is 0 Å². The highest BCUT2D eigenvalue weighted by Crippen LogP contribution is 2.24. The molecule has 0 saturated heterocycles. The molecule has 0 aliphatic carbocycles. The second kappa shape index (κ2) is 4.93. The van der Waals surface area contributed by atoms with Crippen molar-refractivity contribution >= 4 is 9.84 Å². The average Bonchev–Trinajstić information content (AvgIpc) is 2.16. The second-order valence-corrected chi connectivity index (χ2v) is 6.04. The van der Waals surface area contributed by atoms with Crippen molar-refractivity contribution in [2.45, 2.75) is 24.7 Å². The van der Waals surface area contributed by atoms with Crippen LogP contribution in [-0.2, 0) is 9.84 Å². The molecule has 0 aliphatic rings. The molecule has 0 aromatic heterocycles. The fourth-order valence-corrected chi connectivity index (χ4v) is 2.90. The number of rotatable bonds is 4. The topological polar surface area (TPSA) is 54.4 Å². The minimum Gasteiger partial charge on any atom is -0.387 e. The van der Waals surface area contributed by atoms with Crippen LogP contribution in [0.25, 0.3) is 0 Å². The third kappa shape index (κ3) is 3.02. The summed E-state index contributed by atoms with van der Waals surface area (Å²) in [6, 6.07) is 5.36. The van der Waals surface area contributed by atoms with Crippen molar-refractivity contribution in [3.05, 3.63) is 35.6 Å². The Labute approximate surface area is 94.8 Å². The molecule has 0 aliphatic heterocycles. The van der Waals surface area contributed by atoms with Crippen LogP contribution in [0.3, 0.4) is 0 Å². The number of benzene rings is 1. The lowest BCUT2D eigenvalue weighted by Crippen LogP contribution is -2.26. The molecule has 0 bridgehead atoms. The molecule has 0 fully saturated rings. The zero-order valence-electron chi connectivity index (χ0n) is 9.22. The summed E-state index contributed by atoms with van der Waals surface area (Å²) in [4.78, 5) is 0. The standard InChI is InChI=1S/C11H15FO3S/c1-3-10(16(2,14)15)11(13)8-5-4-6-9(12)7-8/h4-7,10-11,13H,3H2,1-2H3/t10-,11-/m1/s1. The van der Waals surface area contributed by atoms with E-state index in [-0.39, 0.29) is 12.0 Å². The van der Waals surface area contributed by atoms with E-state index >= 15 is 0 Å². The Bertz CT molecular complexity index is 456. The van der Waals surface area contributed by atoms with Crippen LogP contribution in [0, 0.1) is 5.82 Å². The van der Waals surface area contributed by atoms with Gasteiger partial charge in [0.15, 0.2) is 9.84 Å². The normalized spacial score (nSPS) is 15.8. The highest BCUT2D eigenvalue weighted by molar-refractivity contribution is 7.91. The molecule has 0 saturated carbocycles. The molecule has 3 nitrogen and oxygen atoms in total. The highest BCUT2D eigenvalue weighted by atomic mass is 32.2. The molecule has 1 aromatic carbocycles. The van der Waals surface area contributed by atoms with Gasteiger partial charge in [0.2, 0.25) is 0 Å². The van der Waals surface area contributed by atoms with E-state index < -0.39 is 27.0 Å². The molecule has 0 radical (unpaired) electrons. The first-order valence-electron chi connectivity index (χ1n) is 4.98. The first-order valence-corrected chi connectivity index (χ1v) is 6.94. The van der Waals surface area contributed by atoms with E-state index in [1.807, 2.05) is 0 Å². The van der Waals surface area contributed by atoms with Crippen LogP contribution in [0.1, 0.15) is 25.0 Å². The molecule has 0 spiro atoms. The Morgan fingerprint density at radius 1 is 1.44 bits per heavy atom. The minimum absolute atomic E-state index is 0.288. The Morgan fingerprint density at radius 3 is 2.50 bits per heavy atom. The van der Waals surface area contributed by atoms with Crippen LogP contribution in [0.15, 0.2) is 24.3 Å². The Hall–Kier alpha value is -0.940. The zero-order valence-corrected chi connectivity index (χ0v) is 10.0. The van der Waals surface area contributed by atoms with Crippen molar-refractivity contribution in [1.29, 1.82) is 0 Å². The molecule has 0 amide bonds. The molecule has 1 rings (SSSR count). The quantitative estimate of drug-likeness (QED) is 0.879. The van der Waals surface area contributed by atoms with Crippen LogP contribution in [0.5, 0.6) is 0 Å². The van der Waals surface area contributed by atoms with E-state index in [1.165, 1.54) is 18.2 Å². The fourth-order valence-electron chi connectivity index (χ4n) is 1.67. The van der Waals surface area contributed by atoms with Crippen molar-refractivity contribution in [3.8, 4) is 0 Å². The van der Waals surface area contributed by atoms with E-state index in [4.69, 9.17) is 0 Å². The molecular weight excluding hydrogens is 231 g/mol. The van der Waals surface area contributed by atoms with Gasteiger partial charge in [-0.05, 0) is 24.1 Å². The number of hydrogen-bond donors (Lipinski definition) is 1. The van der Waals surface area contributed by atoms with E-state index in [9.17, 15) is 17.9 Å². The predicted octanol–water partition coefficient (Wildman–Crippen LogP) is 1.68. The van der Waals surface area contributed by atoms with Gasteiger partial charge in [-0.15, -0.1) is 0 Å². The van der Waals surface area contributed by atoms with Crippen molar-refractivity contribution < 1.29 is 17.9 Å². The van der Waals surface area contributed by atoms with Gasteiger partial charge in [-0.3, -0.25) is 0 Å². The van der Waals surface area contributed by atoms with E-state index in [2.05, 4.69) is 0 Å². The first kappa shape index (κ1) is 13.1. The largest absolute Gasteiger partial charge is 0.387 e. The monoisotopic (exact) mass is 246 g/mol. The lowest BCUT2D eigenvalue weighted by atomic mass is 10.1. The maximum Gasteiger partial charge on any atom is 0.153 e. The molecule has 2 atom stereocenters. The number of aliphatic hydroxyl groups excluding tert-OH is 1. The smallest absolute Gasteiger partial charge is 0.153 e. The average molecular weight is 246 g/mol. The van der Waals surface area contributed by atoms with Gasteiger partial charge in [-0.1, -0.05) is 19.1 Å². The maximum atomic E-state index is 12.9. The summed E-state index contributed by atoms with van der Waals surface area (Å²) >= 11 is 0. The highest BCUT2D eigenvalue weighted by Gasteiger charge is 2.28. The van der Waals surface area contributed by atoms with Crippen LogP contribution in [0.2, 0.25) is 0 Å². The lowest BCUT2D eigenvalue weighted by molar-refractivity contribution is 0.169. The van der Waals surface area contributed by atoms with Gasteiger partial charge in [-0.25, -0.2) is 12.8 Å². The van der Waals surface area contributed by atoms with Crippen LogP contribution >= 0.6 is 0 Å². The van der Waals surface area contributed by atoms with Gasteiger partial charge >= 0.3 is 0 Å². The summed E-state index contributed by atoms with van der Waals surface area (Å²) in [5, 5.41) is 9.00. The van der Waals surface area contributed by atoms with Crippen LogP contribution < -0.4 is 0 Å². The van der Waals surface area contributed by atoms with Gasteiger partial charge < -0.3 is 5.11 Å². The molecule has 1 N–H and O–H groups in total. The van der Waals surface area contributed by atoms with Gasteiger partial charge in [0.05, 0.1) is 11.4 Å². The molecule has 1 aromatic rings. The molecule has 90 valence electrons. The molecule has 0 unspecified atom stereocenters. The third-order valence-corrected chi connectivity index (χ3v) is 4.19. The zero-order chi connectivity index (χ0) is 12.3. The molecule has 5 heteroatoms. The Morgan fingerprint density at radius 2 is 2.06 bits per heavy atom. The number of hydrogen-bond acceptors (Lipinski definition) is 3. The van der Waals surface area contributed by atoms with Crippen molar-refractivity contribution in [1.82, 2.24) is 0 Å².